The Balaban J connectivity index is 1.89. The SMILES string of the molecule is CC(=O)OCC1OC(Sc2ccc(C#N)c(Br)c2)=C(OC(C)=O)C(n2cc(-c3cc(F)c(F)c(F)c3)nn2)[C@H]1OC(C)=O. The van der Waals surface area contributed by atoms with Crippen molar-refractivity contribution in [2.75, 3.05) is 6.61 Å². The van der Waals surface area contributed by atoms with Gasteiger partial charge in [0.05, 0.1) is 11.8 Å². The van der Waals surface area contributed by atoms with Gasteiger partial charge in [0.1, 0.15) is 18.4 Å². The second kappa shape index (κ2) is 13.3. The highest BCUT2D eigenvalue weighted by Gasteiger charge is 2.47. The summed E-state index contributed by atoms with van der Waals surface area (Å²) >= 11 is 4.28. The van der Waals surface area contributed by atoms with E-state index in [1.165, 1.54) is 6.20 Å². The predicted octanol–water partition coefficient (Wildman–Crippen LogP) is 4.96. The Hall–Kier alpha value is -4.36. The summed E-state index contributed by atoms with van der Waals surface area (Å²) in [7, 11) is 0. The minimum Gasteiger partial charge on any atom is -0.473 e. The molecule has 1 aromatic heterocycles. The van der Waals surface area contributed by atoms with Crippen LogP contribution in [0.4, 0.5) is 13.2 Å². The van der Waals surface area contributed by atoms with Crippen LogP contribution in [0.15, 0.2) is 56.7 Å². The van der Waals surface area contributed by atoms with Crippen LogP contribution in [-0.4, -0.2) is 51.7 Å². The average molecular weight is 681 g/mol. The number of hydrogen-bond acceptors (Lipinski definition) is 11. The monoisotopic (exact) mass is 680 g/mol. The van der Waals surface area contributed by atoms with E-state index in [-0.39, 0.29) is 22.1 Å². The van der Waals surface area contributed by atoms with E-state index in [9.17, 15) is 32.8 Å². The van der Waals surface area contributed by atoms with E-state index in [0.717, 1.165) is 49.3 Å². The summed E-state index contributed by atoms with van der Waals surface area (Å²) < 4.78 is 65.4. The molecule has 1 aliphatic heterocycles. The van der Waals surface area contributed by atoms with E-state index >= 15 is 0 Å². The molecule has 0 saturated carbocycles. The zero-order valence-electron chi connectivity index (χ0n) is 22.5. The van der Waals surface area contributed by atoms with Gasteiger partial charge in [-0.1, -0.05) is 5.21 Å². The second-order valence-electron chi connectivity index (χ2n) is 8.92. The third kappa shape index (κ3) is 7.35. The standard InChI is InChI=1S/C27H20BrF3N4O7S/c1-12(36)39-11-22-25(40-13(2)37)24(35-10-21(33-34-35)16-6-19(29)23(31)20(30)7-16)26(41-14(3)38)27(42-22)43-17-5-4-15(9-32)18(28)8-17/h4-8,10,22,24-25H,11H2,1-3H3/t22?,24?,25-/m0/s1. The summed E-state index contributed by atoms with van der Waals surface area (Å²) in [5.74, 6) is -6.99. The zero-order chi connectivity index (χ0) is 31.4. The molecule has 0 spiro atoms. The number of thioether (sulfide) groups is 1. The van der Waals surface area contributed by atoms with Crippen LogP contribution in [0.5, 0.6) is 0 Å². The van der Waals surface area contributed by atoms with Gasteiger partial charge in [0.15, 0.2) is 46.6 Å². The van der Waals surface area contributed by atoms with Gasteiger partial charge in [0.2, 0.25) is 0 Å². The van der Waals surface area contributed by atoms with Crippen molar-refractivity contribution in [1.29, 1.82) is 5.26 Å². The van der Waals surface area contributed by atoms with Crippen molar-refractivity contribution in [1.82, 2.24) is 15.0 Å². The molecule has 0 amide bonds. The van der Waals surface area contributed by atoms with E-state index in [0.29, 0.717) is 14.9 Å². The molecule has 2 unspecified atom stereocenters. The van der Waals surface area contributed by atoms with Crippen LogP contribution in [0, 0.1) is 28.8 Å². The van der Waals surface area contributed by atoms with E-state index in [1.807, 2.05) is 6.07 Å². The number of carbonyl (C=O) groups is 3. The quantitative estimate of drug-likeness (QED) is 0.181. The summed E-state index contributed by atoms with van der Waals surface area (Å²) in [4.78, 5) is 36.7. The lowest BCUT2D eigenvalue weighted by molar-refractivity contribution is -0.168. The van der Waals surface area contributed by atoms with E-state index < -0.39 is 60.2 Å². The lowest BCUT2D eigenvalue weighted by atomic mass is 10.0. The number of halogens is 4. The van der Waals surface area contributed by atoms with Crippen molar-refractivity contribution in [2.45, 2.75) is 43.9 Å². The number of esters is 3. The molecule has 0 fully saturated rings. The van der Waals surface area contributed by atoms with Gasteiger partial charge < -0.3 is 18.9 Å². The number of hydrogen-bond donors (Lipinski definition) is 0. The zero-order valence-corrected chi connectivity index (χ0v) is 24.9. The van der Waals surface area contributed by atoms with Gasteiger partial charge in [-0.25, -0.2) is 17.9 Å². The molecular weight excluding hydrogens is 661 g/mol. The Bertz CT molecular complexity index is 1650. The molecule has 2 aromatic carbocycles. The Kier molecular flexibility index (Phi) is 9.77. The maximum absolute atomic E-state index is 14.0. The first-order valence-corrected chi connectivity index (χ1v) is 13.8. The summed E-state index contributed by atoms with van der Waals surface area (Å²) in [5, 5.41) is 17.2. The van der Waals surface area contributed by atoms with Gasteiger partial charge in [0.25, 0.3) is 0 Å². The maximum atomic E-state index is 14.0. The number of nitrogens with zero attached hydrogens (tertiary/aromatic N) is 4. The lowest BCUT2D eigenvalue weighted by Crippen LogP contribution is -2.47. The second-order valence-corrected chi connectivity index (χ2v) is 10.8. The van der Waals surface area contributed by atoms with Gasteiger partial charge in [-0.15, -0.1) is 5.10 Å². The van der Waals surface area contributed by atoms with Gasteiger partial charge in [0, 0.05) is 35.7 Å². The highest BCUT2D eigenvalue weighted by molar-refractivity contribution is 9.10. The molecule has 0 N–H and O–H groups in total. The maximum Gasteiger partial charge on any atom is 0.307 e. The molecule has 16 heteroatoms. The number of nitriles is 1. The van der Waals surface area contributed by atoms with Crippen molar-refractivity contribution in [3.63, 3.8) is 0 Å². The Morgan fingerprint density at radius 3 is 2.37 bits per heavy atom. The molecule has 1 aliphatic rings. The van der Waals surface area contributed by atoms with Gasteiger partial charge in [-0.05, 0) is 58.0 Å². The first kappa shape index (κ1) is 31.6. The average Bonchev–Trinajstić information content (AvgIpc) is 3.41. The third-order valence-electron chi connectivity index (χ3n) is 5.76. The van der Waals surface area contributed by atoms with Crippen molar-refractivity contribution in [3.8, 4) is 17.3 Å². The highest BCUT2D eigenvalue weighted by atomic mass is 79.9. The fourth-order valence-electron chi connectivity index (χ4n) is 4.00. The molecule has 224 valence electrons. The van der Waals surface area contributed by atoms with Gasteiger partial charge in [-0.2, -0.15) is 5.26 Å². The third-order valence-corrected chi connectivity index (χ3v) is 7.39. The van der Waals surface area contributed by atoms with Crippen molar-refractivity contribution >= 4 is 45.6 Å². The lowest BCUT2D eigenvalue weighted by Gasteiger charge is -2.38. The minimum atomic E-state index is -1.67. The molecule has 0 saturated heterocycles. The normalized spacial score (nSPS) is 18.0. The highest BCUT2D eigenvalue weighted by Crippen LogP contribution is 2.44. The fraction of sp³-hybridized carbons (Fsp3) is 0.259. The van der Waals surface area contributed by atoms with Crippen molar-refractivity contribution in [3.05, 3.63) is 74.9 Å². The number of benzene rings is 2. The van der Waals surface area contributed by atoms with Crippen LogP contribution in [0.1, 0.15) is 32.4 Å². The van der Waals surface area contributed by atoms with Gasteiger partial charge in [-0.3, -0.25) is 14.4 Å². The molecule has 43 heavy (non-hydrogen) atoms. The van der Waals surface area contributed by atoms with E-state index in [1.54, 1.807) is 18.2 Å². The number of ether oxygens (including phenoxy) is 4. The van der Waals surface area contributed by atoms with Crippen molar-refractivity contribution < 1.29 is 46.5 Å². The first-order valence-electron chi connectivity index (χ1n) is 12.2. The smallest absolute Gasteiger partial charge is 0.307 e. The topological polar surface area (TPSA) is 143 Å². The molecule has 11 nitrogen and oxygen atoms in total. The number of rotatable bonds is 8. The Morgan fingerprint density at radius 2 is 1.79 bits per heavy atom. The van der Waals surface area contributed by atoms with E-state index in [4.69, 9.17) is 18.9 Å². The fourth-order valence-corrected chi connectivity index (χ4v) is 5.58. The molecular formula is C27H20BrF3N4O7S. The number of aromatic nitrogens is 3. The van der Waals surface area contributed by atoms with Gasteiger partial charge >= 0.3 is 17.9 Å². The first-order chi connectivity index (χ1) is 20.4. The van der Waals surface area contributed by atoms with Crippen LogP contribution < -0.4 is 0 Å². The van der Waals surface area contributed by atoms with E-state index in [2.05, 4.69) is 26.2 Å². The van der Waals surface area contributed by atoms with Crippen LogP contribution >= 0.6 is 27.7 Å². The van der Waals surface area contributed by atoms with Crippen LogP contribution in [-0.2, 0) is 33.3 Å². The van der Waals surface area contributed by atoms with Crippen molar-refractivity contribution in [2.24, 2.45) is 0 Å². The Morgan fingerprint density at radius 1 is 1.09 bits per heavy atom. The minimum absolute atomic E-state index is 0.0201. The molecule has 3 aromatic rings. The van der Waals surface area contributed by atoms with Crippen LogP contribution in [0.3, 0.4) is 0 Å². The largest absolute Gasteiger partial charge is 0.473 e. The Labute approximate surface area is 254 Å². The summed E-state index contributed by atoms with van der Waals surface area (Å²) in [6.45, 7) is 2.99. The molecule has 4 rings (SSSR count). The summed E-state index contributed by atoms with van der Waals surface area (Å²) in [6, 6.07) is 6.94. The predicted molar refractivity (Wildman–Crippen MR) is 145 cm³/mol. The summed E-state index contributed by atoms with van der Waals surface area (Å²) in [5.41, 5.74) is 0.0903. The summed E-state index contributed by atoms with van der Waals surface area (Å²) in [6.07, 6.45) is -1.29. The van der Waals surface area contributed by atoms with Crippen LogP contribution in [0.25, 0.3) is 11.3 Å². The molecule has 0 radical (unpaired) electrons. The molecule has 0 aliphatic carbocycles. The molecule has 0 bridgehead atoms. The molecule has 2 heterocycles. The number of carbonyl (C=O) groups excluding carboxylic acids is 3. The van der Waals surface area contributed by atoms with Crippen LogP contribution in [0.2, 0.25) is 0 Å². The molecule has 3 atom stereocenters.